The van der Waals surface area contributed by atoms with Gasteiger partial charge in [-0.1, -0.05) is 13.3 Å². The lowest BCUT2D eigenvalue weighted by Gasteiger charge is -2.37. The summed E-state index contributed by atoms with van der Waals surface area (Å²) < 4.78 is 0. The van der Waals surface area contributed by atoms with Gasteiger partial charge in [-0.05, 0) is 32.1 Å². The summed E-state index contributed by atoms with van der Waals surface area (Å²) in [5.41, 5.74) is 5.29. The third kappa shape index (κ3) is 3.19. The lowest BCUT2D eigenvalue weighted by atomic mass is 9.92. The molecule has 0 bridgehead atoms. The standard InChI is InChI=1S/C12H24N2O2/c1-3-6-12(2,13)11(16)14-7-4-5-10(8-14)9-15/h10,15H,3-9,13H2,1-2H3. The quantitative estimate of drug-likeness (QED) is 0.745. The number of carbonyl (C=O) groups is 1. The van der Waals surface area contributed by atoms with Gasteiger partial charge in [0.1, 0.15) is 0 Å². The molecule has 94 valence electrons. The van der Waals surface area contributed by atoms with Gasteiger partial charge in [0.05, 0.1) is 5.54 Å². The second-order valence-electron chi connectivity index (χ2n) is 5.11. The van der Waals surface area contributed by atoms with E-state index in [-0.39, 0.29) is 18.4 Å². The number of likely N-dealkylation sites (tertiary alicyclic amines) is 1. The molecule has 3 N–H and O–H groups in total. The zero-order valence-electron chi connectivity index (χ0n) is 10.4. The van der Waals surface area contributed by atoms with Gasteiger partial charge >= 0.3 is 0 Å². The van der Waals surface area contributed by atoms with Gasteiger partial charge in [-0.2, -0.15) is 0 Å². The van der Waals surface area contributed by atoms with Crippen molar-refractivity contribution in [3.05, 3.63) is 0 Å². The van der Waals surface area contributed by atoms with Gasteiger partial charge in [-0.15, -0.1) is 0 Å². The van der Waals surface area contributed by atoms with E-state index in [2.05, 4.69) is 0 Å². The summed E-state index contributed by atoms with van der Waals surface area (Å²) >= 11 is 0. The molecule has 1 fully saturated rings. The summed E-state index contributed by atoms with van der Waals surface area (Å²) in [5, 5.41) is 9.13. The Kier molecular flexibility index (Phi) is 4.74. The molecule has 1 saturated heterocycles. The number of nitrogens with two attached hydrogens (primary N) is 1. The second kappa shape index (κ2) is 5.64. The van der Waals surface area contributed by atoms with E-state index in [1.54, 1.807) is 6.92 Å². The van der Waals surface area contributed by atoms with Gasteiger partial charge in [0.15, 0.2) is 0 Å². The van der Waals surface area contributed by atoms with E-state index in [1.165, 1.54) is 0 Å². The Morgan fingerprint density at radius 3 is 2.88 bits per heavy atom. The molecule has 1 rings (SSSR count). The molecule has 0 aromatic rings. The lowest BCUT2D eigenvalue weighted by molar-refractivity contribution is -0.138. The first kappa shape index (κ1) is 13.5. The first-order valence-corrected chi connectivity index (χ1v) is 6.20. The number of aliphatic hydroxyl groups is 1. The fourth-order valence-electron chi connectivity index (χ4n) is 2.39. The fraction of sp³-hybridized carbons (Fsp3) is 0.917. The summed E-state index contributed by atoms with van der Waals surface area (Å²) in [6, 6.07) is 0. The zero-order chi connectivity index (χ0) is 12.2. The fourth-order valence-corrected chi connectivity index (χ4v) is 2.39. The van der Waals surface area contributed by atoms with Crippen molar-refractivity contribution in [1.82, 2.24) is 4.90 Å². The minimum Gasteiger partial charge on any atom is -0.396 e. The highest BCUT2D eigenvalue weighted by atomic mass is 16.3. The van der Waals surface area contributed by atoms with Crippen LogP contribution in [-0.4, -0.2) is 41.1 Å². The number of amides is 1. The van der Waals surface area contributed by atoms with Gasteiger partial charge < -0.3 is 15.7 Å². The summed E-state index contributed by atoms with van der Waals surface area (Å²) in [6.07, 6.45) is 3.61. The highest BCUT2D eigenvalue weighted by molar-refractivity contribution is 5.85. The lowest BCUT2D eigenvalue weighted by Crippen LogP contribution is -2.55. The van der Waals surface area contributed by atoms with Crippen molar-refractivity contribution in [2.45, 2.75) is 45.1 Å². The largest absolute Gasteiger partial charge is 0.396 e. The SMILES string of the molecule is CCCC(C)(N)C(=O)N1CCCC(CO)C1. The topological polar surface area (TPSA) is 66.6 Å². The predicted octanol–water partition coefficient (Wildman–Crippen LogP) is 0.735. The smallest absolute Gasteiger partial charge is 0.242 e. The van der Waals surface area contributed by atoms with Crippen LogP contribution in [0.25, 0.3) is 0 Å². The van der Waals surface area contributed by atoms with Crippen LogP contribution in [0.3, 0.4) is 0 Å². The number of rotatable bonds is 4. The molecule has 0 radical (unpaired) electrons. The maximum absolute atomic E-state index is 12.2. The number of piperidine rings is 1. The molecular weight excluding hydrogens is 204 g/mol. The van der Waals surface area contributed by atoms with Crippen LogP contribution in [0.1, 0.15) is 39.5 Å². The molecule has 4 nitrogen and oxygen atoms in total. The molecule has 2 atom stereocenters. The summed E-state index contributed by atoms with van der Waals surface area (Å²) in [5.74, 6) is 0.266. The van der Waals surface area contributed by atoms with Gasteiger partial charge in [0.25, 0.3) is 0 Å². The predicted molar refractivity (Wildman–Crippen MR) is 63.9 cm³/mol. The van der Waals surface area contributed by atoms with Crippen LogP contribution in [0.5, 0.6) is 0 Å². The Balaban J connectivity index is 2.59. The molecule has 1 aliphatic heterocycles. The summed E-state index contributed by atoms with van der Waals surface area (Å²) in [7, 11) is 0. The van der Waals surface area contributed by atoms with Gasteiger partial charge in [-0.25, -0.2) is 0 Å². The van der Waals surface area contributed by atoms with E-state index in [9.17, 15) is 4.79 Å². The molecule has 1 aliphatic rings. The van der Waals surface area contributed by atoms with E-state index in [1.807, 2.05) is 11.8 Å². The number of aliphatic hydroxyl groups excluding tert-OH is 1. The minimum atomic E-state index is -0.744. The molecule has 0 aliphatic carbocycles. The molecule has 4 heteroatoms. The van der Waals surface area contributed by atoms with Gasteiger partial charge in [0.2, 0.25) is 5.91 Å². The van der Waals surface area contributed by atoms with Crippen LogP contribution in [0.2, 0.25) is 0 Å². The van der Waals surface area contributed by atoms with Gasteiger partial charge in [-0.3, -0.25) is 4.79 Å². The van der Waals surface area contributed by atoms with Gasteiger partial charge in [0, 0.05) is 19.7 Å². The molecule has 1 heterocycles. The Hall–Kier alpha value is -0.610. The highest BCUT2D eigenvalue weighted by Gasteiger charge is 2.34. The molecule has 2 unspecified atom stereocenters. The Morgan fingerprint density at radius 2 is 2.31 bits per heavy atom. The maximum atomic E-state index is 12.2. The monoisotopic (exact) mass is 228 g/mol. The zero-order valence-corrected chi connectivity index (χ0v) is 10.4. The third-order valence-electron chi connectivity index (χ3n) is 3.32. The average molecular weight is 228 g/mol. The Bertz CT molecular complexity index is 241. The van der Waals surface area contributed by atoms with Crippen molar-refractivity contribution in [2.24, 2.45) is 11.7 Å². The van der Waals surface area contributed by atoms with Crippen molar-refractivity contribution < 1.29 is 9.90 Å². The summed E-state index contributed by atoms with van der Waals surface area (Å²) in [6.45, 7) is 5.45. The van der Waals surface area contributed by atoms with Crippen LogP contribution in [0.15, 0.2) is 0 Å². The number of nitrogens with zero attached hydrogens (tertiary/aromatic N) is 1. The highest BCUT2D eigenvalue weighted by Crippen LogP contribution is 2.20. The number of carbonyl (C=O) groups excluding carboxylic acids is 1. The van der Waals surface area contributed by atoms with Crippen LogP contribution in [0, 0.1) is 5.92 Å². The second-order valence-corrected chi connectivity index (χ2v) is 5.11. The molecular formula is C12H24N2O2. The van der Waals surface area contributed by atoms with E-state index in [4.69, 9.17) is 10.8 Å². The van der Waals surface area contributed by atoms with Crippen molar-refractivity contribution in [2.75, 3.05) is 19.7 Å². The molecule has 0 saturated carbocycles. The molecule has 16 heavy (non-hydrogen) atoms. The Labute approximate surface area is 97.8 Å². The van der Waals surface area contributed by atoms with Crippen LogP contribution >= 0.6 is 0 Å². The normalized spacial score (nSPS) is 25.2. The van der Waals surface area contributed by atoms with Crippen molar-refractivity contribution in [3.63, 3.8) is 0 Å². The summed E-state index contributed by atoms with van der Waals surface area (Å²) in [4.78, 5) is 14.0. The van der Waals surface area contributed by atoms with E-state index >= 15 is 0 Å². The van der Waals surface area contributed by atoms with Crippen molar-refractivity contribution in [1.29, 1.82) is 0 Å². The van der Waals surface area contributed by atoms with Crippen molar-refractivity contribution in [3.8, 4) is 0 Å². The number of hydrogen-bond donors (Lipinski definition) is 2. The maximum Gasteiger partial charge on any atom is 0.242 e. The first-order valence-electron chi connectivity index (χ1n) is 6.20. The molecule has 0 aromatic carbocycles. The van der Waals surface area contributed by atoms with Crippen LogP contribution in [-0.2, 0) is 4.79 Å². The van der Waals surface area contributed by atoms with E-state index in [0.717, 1.165) is 25.8 Å². The first-order chi connectivity index (χ1) is 7.51. The molecule has 0 spiro atoms. The third-order valence-corrected chi connectivity index (χ3v) is 3.32. The Morgan fingerprint density at radius 1 is 1.62 bits per heavy atom. The van der Waals surface area contributed by atoms with Crippen LogP contribution in [0.4, 0.5) is 0 Å². The molecule has 0 aromatic heterocycles. The molecule has 1 amide bonds. The van der Waals surface area contributed by atoms with E-state index in [0.29, 0.717) is 13.0 Å². The van der Waals surface area contributed by atoms with Crippen LogP contribution < -0.4 is 5.73 Å². The van der Waals surface area contributed by atoms with E-state index < -0.39 is 5.54 Å². The average Bonchev–Trinajstić information content (AvgIpc) is 2.28. The number of hydrogen-bond acceptors (Lipinski definition) is 3. The minimum absolute atomic E-state index is 0.0347. The van der Waals surface area contributed by atoms with Crippen molar-refractivity contribution >= 4 is 5.91 Å².